The highest BCUT2D eigenvalue weighted by molar-refractivity contribution is 5.76. The number of hydrogen-bond acceptors (Lipinski definition) is 5. The second kappa shape index (κ2) is 70.3. The molecule has 0 saturated carbocycles. The molecule has 0 aromatic carbocycles. The molecule has 476 valence electrons. The highest BCUT2D eigenvalue weighted by Crippen LogP contribution is 2.18. The molecule has 2 unspecified atom stereocenters. The zero-order valence-corrected chi connectivity index (χ0v) is 54.5. The van der Waals surface area contributed by atoms with Crippen molar-refractivity contribution in [3.8, 4) is 0 Å². The van der Waals surface area contributed by atoms with E-state index in [1.54, 1.807) is 6.08 Å². The molecule has 0 aromatic rings. The summed E-state index contributed by atoms with van der Waals surface area (Å²) in [5.41, 5.74) is 0. The van der Waals surface area contributed by atoms with Gasteiger partial charge in [-0.25, -0.2) is 0 Å². The third kappa shape index (κ3) is 66.8. The van der Waals surface area contributed by atoms with E-state index in [1.807, 2.05) is 6.08 Å². The molecule has 0 rings (SSSR count). The van der Waals surface area contributed by atoms with Crippen LogP contribution in [0.25, 0.3) is 0 Å². The first-order chi connectivity index (χ1) is 40.0. The Balaban J connectivity index is 3.43. The number of aliphatic hydroxyl groups excluding tert-OH is 2. The summed E-state index contributed by atoms with van der Waals surface area (Å²) in [4.78, 5) is 24.6. The van der Waals surface area contributed by atoms with E-state index in [4.69, 9.17) is 4.74 Å². The number of rotatable bonds is 68. The highest BCUT2D eigenvalue weighted by Gasteiger charge is 2.18. The maximum absolute atomic E-state index is 12.5. The van der Waals surface area contributed by atoms with Crippen LogP contribution in [-0.2, 0) is 14.3 Å². The number of aliphatic hydroxyl groups is 2. The molecule has 3 N–H and O–H groups in total. The number of unbranched alkanes of at least 4 members (excludes halogenated alkanes) is 51. The summed E-state index contributed by atoms with van der Waals surface area (Å²) in [5.74, 6) is -0.0667. The highest BCUT2D eigenvalue weighted by atomic mass is 16.5. The van der Waals surface area contributed by atoms with Gasteiger partial charge >= 0.3 is 5.97 Å². The lowest BCUT2D eigenvalue weighted by atomic mass is 10.0. The SMILES string of the molecule is CCCC/C=C\C/C=C\CCCCCCCC(=O)OCCCCCCCCCCCCCC/C=C\CCCCCCCCCCCCC(=O)NC(CO)C(O)/C=C/CCCCCCCCCCCCCCCCCCCCCCCC. The average molecular weight is 1140 g/mol. The largest absolute Gasteiger partial charge is 0.466 e. The summed E-state index contributed by atoms with van der Waals surface area (Å²) in [5, 5.41) is 23.3. The second-order valence-corrected chi connectivity index (χ2v) is 24.9. The predicted molar refractivity (Wildman–Crippen MR) is 356 cm³/mol. The summed E-state index contributed by atoms with van der Waals surface area (Å²) >= 11 is 0. The number of hydrogen-bond donors (Lipinski definition) is 3. The van der Waals surface area contributed by atoms with Gasteiger partial charge in [0.05, 0.1) is 25.4 Å². The maximum atomic E-state index is 12.5. The zero-order chi connectivity index (χ0) is 58.5. The van der Waals surface area contributed by atoms with E-state index in [-0.39, 0.29) is 18.5 Å². The molecule has 6 nitrogen and oxygen atoms in total. The number of nitrogens with one attached hydrogen (secondary N) is 1. The lowest BCUT2D eigenvalue weighted by Crippen LogP contribution is -2.45. The fourth-order valence-electron chi connectivity index (χ4n) is 11.2. The average Bonchev–Trinajstić information content (AvgIpc) is 3.47. The summed E-state index contributed by atoms with van der Waals surface area (Å²) < 4.78 is 5.48. The van der Waals surface area contributed by atoms with Crippen molar-refractivity contribution >= 4 is 11.9 Å². The third-order valence-corrected chi connectivity index (χ3v) is 16.8. The summed E-state index contributed by atoms with van der Waals surface area (Å²) in [6.45, 7) is 4.89. The molecule has 0 bridgehead atoms. The van der Waals surface area contributed by atoms with Crippen molar-refractivity contribution in [3.63, 3.8) is 0 Å². The van der Waals surface area contributed by atoms with E-state index in [0.717, 1.165) is 51.4 Å². The first-order valence-electron chi connectivity index (χ1n) is 36.4. The quantitative estimate of drug-likeness (QED) is 0.0320. The maximum Gasteiger partial charge on any atom is 0.305 e. The van der Waals surface area contributed by atoms with Crippen LogP contribution in [0.2, 0.25) is 0 Å². The molecule has 0 heterocycles. The topological polar surface area (TPSA) is 95.9 Å². The van der Waals surface area contributed by atoms with Crippen molar-refractivity contribution in [3.05, 3.63) is 48.6 Å². The number of esters is 1. The van der Waals surface area contributed by atoms with Crippen molar-refractivity contribution in [1.29, 1.82) is 0 Å². The molecule has 0 aliphatic rings. The molecular weight excluding hydrogens is 995 g/mol. The standard InChI is InChI=1S/C75H141NO5/c1-3-5-7-9-11-13-15-17-19-20-21-22-23-28-31-34-37-40-43-47-51-55-59-63-67-73(78)72(71-77)76-74(79)68-64-60-56-52-48-44-41-38-35-32-29-26-24-25-27-30-33-36-39-42-46-50-54-58-62-66-70-81-75(80)69-65-61-57-53-49-45-18-16-14-12-10-8-6-4-2/h10,12,16,18,24,26,63,67,72-73,77-78H,3-9,11,13-15,17,19-23,25,27-62,64-66,68-71H2,1-2H3,(H,76,79)/b12-10-,18-16-,26-24-,67-63+. The van der Waals surface area contributed by atoms with Crippen molar-refractivity contribution in [2.45, 2.75) is 405 Å². The van der Waals surface area contributed by atoms with Gasteiger partial charge < -0.3 is 20.3 Å². The van der Waals surface area contributed by atoms with Crippen LogP contribution in [0.3, 0.4) is 0 Å². The molecule has 0 saturated heterocycles. The van der Waals surface area contributed by atoms with E-state index in [9.17, 15) is 19.8 Å². The van der Waals surface area contributed by atoms with E-state index in [2.05, 4.69) is 55.6 Å². The molecule has 81 heavy (non-hydrogen) atoms. The van der Waals surface area contributed by atoms with Gasteiger partial charge in [-0.3, -0.25) is 9.59 Å². The third-order valence-electron chi connectivity index (χ3n) is 16.8. The fourth-order valence-corrected chi connectivity index (χ4v) is 11.2. The van der Waals surface area contributed by atoms with Crippen LogP contribution in [-0.4, -0.2) is 47.4 Å². The first-order valence-corrected chi connectivity index (χ1v) is 36.4. The zero-order valence-electron chi connectivity index (χ0n) is 54.5. The number of amides is 1. The molecule has 0 spiro atoms. The Morgan fingerprint density at radius 1 is 0.346 bits per heavy atom. The van der Waals surface area contributed by atoms with E-state index in [0.29, 0.717) is 19.4 Å². The van der Waals surface area contributed by atoms with Gasteiger partial charge in [0.1, 0.15) is 0 Å². The lowest BCUT2D eigenvalue weighted by Gasteiger charge is -2.20. The summed E-state index contributed by atoms with van der Waals surface area (Å²) in [6, 6.07) is -0.632. The molecule has 0 aromatic heterocycles. The Morgan fingerprint density at radius 3 is 0.988 bits per heavy atom. The predicted octanol–water partition coefficient (Wildman–Crippen LogP) is 23.6. The van der Waals surface area contributed by atoms with Gasteiger partial charge in [0.25, 0.3) is 0 Å². The van der Waals surface area contributed by atoms with Gasteiger partial charge in [0.2, 0.25) is 5.91 Å². The summed E-state index contributed by atoms with van der Waals surface area (Å²) in [7, 11) is 0. The molecule has 0 fully saturated rings. The van der Waals surface area contributed by atoms with Gasteiger partial charge in [0.15, 0.2) is 0 Å². The molecule has 0 aliphatic heterocycles. The van der Waals surface area contributed by atoms with Crippen LogP contribution < -0.4 is 5.32 Å². The molecule has 0 radical (unpaired) electrons. The molecule has 0 aliphatic carbocycles. The number of carbonyl (C=O) groups is 2. The Hall–Kier alpha value is -2.18. The fraction of sp³-hybridized carbons (Fsp3) is 0.867. The van der Waals surface area contributed by atoms with Crippen LogP contribution in [0.4, 0.5) is 0 Å². The van der Waals surface area contributed by atoms with Gasteiger partial charge in [-0.1, -0.05) is 345 Å². The molecular formula is C75H141NO5. The van der Waals surface area contributed by atoms with Crippen LogP contribution in [0.1, 0.15) is 393 Å². The molecule has 2 atom stereocenters. The van der Waals surface area contributed by atoms with Gasteiger partial charge in [-0.2, -0.15) is 0 Å². The van der Waals surface area contributed by atoms with E-state index >= 15 is 0 Å². The van der Waals surface area contributed by atoms with Crippen LogP contribution in [0.5, 0.6) is 0 Å². The minimum absolute atomic E-state index is 0.000496. The molecule has 1 amide bonds. The van der Waals surface area contributed by atoms with Crippen molar-refractivity contribution in [2.75, 3.05) is 13.2 Å². The van der Waals surface area contributed by atoms with Crippen LogP contribution in [0, 0.1) is 0 Å². The van der Waals surface area contributed by atoms with E-state index < -0.39 is 12.1 Å². The van der Waals surface area contributed by atoms with Crippen LogP contribution >= 0.6 is 0 Å². The normalized spacial score (nSPS) is 12.8. The van der Waals surface area contributed by atoms with Gasteiger partial charge in [-0.05, 0) is 83.5 Å². The number of allylic oxidation sites excluding steroid dienone is 7. The minimum atomic E-state index is -0.848. The Labute approximate surface area is 506 Å². The minimum Gasteiger partial charge on any atom is -0.466 e. The first kappa shape index (κ1) is 78.8. The van der Waals surface area contributed by atoms with Crippen molar-refractivity contribution in [2.24, 2.45) is 0 Å². The van der Waals surface area contributed by atoms with Crippen LogP contribution in [0.15, 0.2) is 48.6 Å². The Morgan fingerprint density at radius 2 is 0.630 bits per heavy atom. The number of ether oxygens (including phenoxy) is 1. The lowest BCUT2D eigenvalue weighted by molar-refractivity contribution is -0.143. The smallest absolute Gasteiger partial charge is 0.305 e. The van der Waals surface area contributed by atoms with Gasteiger partial charge in [-0.15, -0.1) is 0 Å². The van der Waals surface area contributed by atoms with Crippen molar-refractivity contribution < 1.29 is 24.5 Å². The Bertz CT molecular complexity index is 1360. The summed E-state index contributed by atoms with van der Waals surface area (Å²) in [6.07, 6.45) is 92.0. The number of carbonyl (C=O) groups excluding carboxylic acids is 2. The van der Waals surface area contributed by atoms with Gasteiger partial charge in [0, 0.05) is 12.8 Å². The Kier molecular flexibility index (Phi) is 68.4. The second-order valence-electron chi connectivity index (χ2n) is 24.9. The van der Waals surface area contributed by atoms with Crippen molar-refractivity contribution in [1.82, 2.24) is 5.32 Å². The van der Waals surface area contributed by atoms with E-state index in [1.165, 1.54) is 315 Å². The monoisotopic (exact) mass is 1140 g/mol. The molecule has 6 heteroatoms.